The van der Waals surface area contributed by atoms with E-state index in [1.165, 1.54) is 0 Å². The second-order valence-corrected chi connectivity index (χ2v) is 4.33. The average molecular weight is 266 g/mol. The van der Waals surface area contributed by atoms with Crippen LogP contribution >= 0.6 is 15.9 Å². The molecule has 0 saturated carbocycles. The van der Waals surface area contributed by atoms with Crippen LogP contribution in [0.3, 0.4) is 0 Å². The Kier molecular flexibility index (Phi) is 8.18. The van der Waals surface area contributed by atoms with Crippen LogP contribution in [0.15, 0.2) is 0 Å². The fraction of sp³-hybridized carbons (Fsp3) is 0.900. The van der Waals surface area contributed by atoms with Crippen molar-refractivity contribution in [3.63, 3.8) is 0 Å². The van der Waals surface area contributed by atoms with Crippen LogP contribution < -0.4 is 5.32 Å². The molecule has 0 aliphatic carbocycles. The molecule has 0 rings (SSSR count). The lowest BCUT2D eigenvalue weighted by atomic mass is 10.0. The van der Waals surface area contributed by atoms with E-state index in [9.17, 15) is 4.79 Å². The fourth-order valence-corrected chi connectivity index (χ4v) is 1.63. The average Bonchev–Trinajstić information content (AvgIpc) is 2.14. The molecule has 0 saturated heterocycles. The first-order chi connectivity index (χ1) is 6.61. The van der Waals surface area contributed by atoms with Gasteiger partial charge in [-0.3, -0.25) is 4.79 Å². The monoisotopic (exact) mass is 265 g/mol. The molecule has 0 heterocycles. The number of nitrogens with one attached hydrogen (secondary N) is 1. The van der Waals surface area contributed by atoms with Gasteiger partial charge in [0.05, 0.1) is 0 Å². The lowest BCUT2D eigenvalue weighted by Gasteiger charge is -2.21. The second kappa shape index (κ2) is 8.24. The summed E-state index contributed by atoms with van der Waals surface area (Å²) in [4.78, 5) is 11.3. The number of carbonyl (C=O) groups is 1. The highest BCUT2D eigenvalue weighted by Gasteiger charge is 2.14. The molecule has 0 bridgehead atoms. The summed E-state index contributed by atoms with van der Waals surface area (Å²) in [5.74, 6) is 0.435. The van der Waals surface area contributed by atoms with Crippen LogP contribution in [-0.2, 0) is 9.53 Å². The van der Waals surface area contributed by atoms with E-state index in [0.717, 1.165) is 11.8 Å². The molecular weight excluding hydrogens is 246 g/mol. The zero-order chi connectivity index (χ0) is 11.0. The maximum atomic E-state index is 11.3. The van der Waals surface area contributed by atoms with Gasteiger partial charge in [0.1, 0.15) is 6.61 Å². The maximum Gasteiger partial charge on any atom is 0.246 e. The predicted molar refractivity (Wildman–Crippen MR) is 61.7 cm³/mol. The van der Waals surface area contributed by atoms with Gasteiger partial charge in [-0.1, -0.05) is 29.8 Å². The molecule has 1 amide bonds. The Hall–Kier alpha value is -0.0900. The number of hydrogen-bond donors (Lipinski definition) is 1. The van der Waals surface area contributed by atoms with Gasteiger partial charge in [0.2, 0.25) is 5.91 Å². The third kappa shape index (κ3) is 6.38. The molecule has 0 aromatic carbocycles. The Bertz CT molecular complexity index is 162. The number of ether oxygens (including phenoxy) is 1. The molecule has 0 spiro atoms. The number of amides is 1. The molecular formula is C10H20BrNO2. The molecule has 1 N–H and O–H groups in total. The minimum absolute atomic E-state index is 0.0218. The summed E-state index contributed by atoms with van der Waals surface area (Å²) in [5, 5.41) is 3.87. The Labute approximate surface area is 94.7 Å². The van der Waals surface area contributed by atoms with Gasteiger partial charge in [0.15, 0.2) is 0 Å². The molecule has 3 nitrogen and oxygen atoms in total. The normalized spacial score (nSPS) is 12.9. The van der Waals surface area contributed by atoms with Crippen molar-refractivity contribution in [2.45, 2.75) is 33.2 Å². The molecule has 0 aromatic rings. The van der Waals surface area contributed by atoms with Crippen molar-refractivity contribution in [1.29, 1.82) is 0 Å². The molecule has 0 aliphatic rings. The quantitative estimate of drug-likeness (QED) is 0.715. The molecule has 0 fully saturated rings. The first kappa shape index (κ1) is 13.9. The van der Waals surface area contributed by atoms with Crippen molar-refractivity contribution >= 4 is 21.8 Å². The topological polar surface area (TPSA) is 38.3 Å². The molecule has 0 aromatic heterocycles. The van der Waals surface area contributed by atoms with E-state index in [-0.39, 0.29) is 18.6 Å². The molecule has 1 atom stereocenters. The lowest BCUT2D eigenvalue weighted by Crippen LogP contribution is -2.40. The summed E-state index contributed by atoms with van der Waals surface area (Å²) < 4.78 is 5.03. The number of hydrogen-bond acceptors (Lipinski definition) is 2. The van der Waals surface area contributed by atoms with Gasteiger partial charge in [0, 0.05) is 18.0 Å². The first-order valence-corrected chi connectivity index (χ1v) is 6.17. The number of halogens is 1. The number of rotatable bonds is 7. The van der Waals surface area contributed by atoms with E-state index in [1.807, 2.05) is 6.92 Å². The van der Waals surface area contributed by atoms with E-state index in [2.05, 4.69) is 35.1 Å². The molecule has 0 aliphatic heterocycles. The fourth-order valence-electron chi connectivity index (χ4n) is 1.13. The first-order valence-electron chi connectivity index (χ1n) is 5.04. The Balaban J connectivity index is 3.83. The smallest absolute Gasteiger partial charge is 0.246 e. The van der Waals surface area contributed by atoms with Gasteiger partial charge in [-0.15, -0.1) is 0 Å². The molecule has 0 radical (unpaired) electrons. The zero-order valence-corrected chi connectivity index (χ0v) is 10.8. The summed E-state index contributed by atoms with van der Waals surface area (Å²) in [6.45, 7) is 6.84. The SMILES string of the molecule is CCOCC(=O)NC(CCBr)C(C)C. The number of carbonyl (C=O) groups excluding carboxylic acids is 1. The van der Waals surface area contributed by atoms with Crippen molar-refractivity contribution in [1.82, 2.24) is 5.32 Å². The minimum atomic E-state index is -0.0218. The molecule has 1 unspecified atom stereocenters. The zero-order valence-electron chi connectivity index (χ0n) is 9.18. The second-order valence-electron chi connectivity index (χ2n) is 3.53. The third-order valence-electron chi connectivity index (χ3n) is 2.01. The van der Waals surface area contributed by atoms with Crippen molar-refractivity contribution in [3.8, 4) is 0 Å². The summed E-state index contributed by atoms with van der Waals surface area (Å²) in [5.41, 5.74) is 0. The van der Waals surface area contributed by atoms with Crippen molar-refractivity contribution in [3.05, 3.63) is 0 Å². The van der Waals surface area contributed by atoms with Crippen LogP contribution in [0.4, 0.5) is 0 Å². The lowest BCUT2D eigenvalue weighted by molar-refractivity contribution is -0.126. The van der Waals surface area contributed by atoms with Crippen LogP contribution in [-0.4, -0.2) is 30.5 Å². The summed E-state index contributed by atoms with van der Waals surface area (Å²) in [6, 6.07) is 0.238. The summed E-state index contributed by atoms with van der Waals surface area (Å²) >= 11 is 3.38. The van der Waals surface area contributed by atoms with E-state index >= 15 is 0 Å². The van der Waals surface area contributed by atoms with Gasteiger partial charge in [0.25, 0.3) is 0 Å². The van der Waals surface area contributed by atoms with Gasteiger partial charge >= 0.3 is 0 Å². The van der Waals surface area contributed by atoms with E-state index in [0.29, 0.717) is 12.5 Å². The van der Waals surface area contributed by atoms with Gasteiger partial charge in [-0.05, 0) is 19.3 Å². The van der Waals surface area contributed by atoms with Crippen LogP contribution in [0.25, 0.3) is 0 Å². The van der Waals surface area contributed by atoms with Crippen LogP contribution in [0, 0.1) is 5.92 Å². The Morgan fingerprint density at radius 3 is 2.57 bits per heavy atom. The van der Waals surface area contributed by atoms with Gasteiger partial charge in [-0.2, -0.15) is 0 Å². The van der Waals surface area contributed by atoms with E-state index in [4.69, 9.17) is 4.74 Å². The van der Waals surface area contributed by atoms with Gasteiger partial charge < -0.3 is 10.1 Å². The highest BCUT2D eigenvalue weighted by molar-refractivity contribution is 9.09. The third-order valence-corrected chi connectivity index (χ3v) is 2.47. The summed E-state index contributed by atoms with van der Waals surface area (Å²) in [6.07, 6.45) is 0.954. The van der Waals surface area contributed by atoms with E-state index in [1.54, 1.807) is 0 Å². The highest BCUT2D eigenvalue weighted by Crippen LogP contribution is 2.07. The van der Waals surface area contributed by atoms with Crippen molar-refractivity contribution in [2.24, 2.45) is 5.92 Å². The van der Waals surface area contributed by atoms with Crippen molar-refractivity contribution < 1.29 is 9.53 Å². The molecule has 4 heteroatoms. The van der Waals surface area contributed by atoms with Gasteiger partial charge in [-0.25, -0.2) is 0 Å². The highest BCUT2D eigenvalue weighted by atomic mass is 79.9. The van der Waals surface area contributed by atoms with Crippen molar-refractivity contribution in [2.75, 3.05) is 18.5 Å². The number of alkyl halides is 1. The van der Waals surface area contributed by atoms with Crippen LogP contribution in [0.1, 0.15) is 27.2 Å². The minimum Gasteiger partial charge on any atom is -0.372 e. The Morgan fingerprint density at radius 1 is 1.50 bits per heavy atom. The maximum absolute atomic E-state index is 11.3. The van der Waals surface area contributed by atoms with Crippen LogP contribution in [0.5, 0.6) is 0 Å². The van der Waals surface area contributed by atoms with Crippen LogP contribution in [0.2, 0.25) is 0 Å². The largest absolute Gasteiger partial charge is 0.372 e. The standard InChI is InChI=1S/C10H20BrNO2/c1-4-14-7-10(13)12-9(5-6-11)8(2)3/h8-9H,4-7H2,1-3H3,(H,12,13). The predicted octanol–water partition coefficient (Wildman–Crippen LogP) is 1.95. The summed E-state index contributed by atoms with van der Waals surface area (Å²) in [7, 11) is 0. The molecule has 84 valence electrons. The Morgan fingerprint density at radius 2 is 2.14 bits per heavy atom. The van der Waals surface area contributed by atoms with E-state index < -0.39 is 0 Å². The molecule has 14 heavy (non-hydrogen) atoms.